The van der Waals surface area contributed by atoms with Gasteiger partial charge >= 0.3 is 0 Å². The molecule has 0 spiro atoms. The molecule has 1 atom stereocenters. The molecule has 0 bridgehead atoms. The molecule has 0 saturated heterocycles. The van der Waals surface area contributed by atoms with Crippen LogP contribution in [0.3, 0.4) is 0 Å². The van der Waals surface area contributed by atoms with Gasteiger partial charge in [0.15, 0.2) is 0 Å². The minimum Gasteiger partial charge on any atom is -0.387 e. The molecule has 0 radical (unpaired) electrons. The number of hydrogen-bond acceptors (Lipinski definition) is 4. The highest BCUT2D eigenvalue weighted by Crippen LogP contribution is 2.39. The first kappa shape index (κ1) is 16.7. The Balaban J connectivity index is 2.20. The van der Waals surface area contributed by atoms with E-state index in [4.69, 9.17) is 11.6 Å². The predicted molar refractivity (Wildman–Crippen MR) is 83.4 cm³/mol. The average Bonchev–Trinajstić information content (AvgIpc) is 2.64. The van der Waals surface area contributed by atoms with Crippen molar-refractivity contribution >= 4 is 11.6 Å². The van der Waals surface area contributed by atoms with Crippen LogP contribution < -0.4 is 0 Å². The van der Waals surface area contributed by atoms with Gasteiger partial charge in [0.05, 0.1) is 29.1 Å². The third-order valence-corrected chi connectivity index (χ3v) is 4.62. The highest BCUT2D eigenvalue weighted by atomic mass is 35.5. The molecular weight excluding hydrogens is 290 g/mol. The molecule has 1 heterocycles. The number of aliphatic hydroxyl groups excluding tert-OH is 1. The molecule has 1 aromatic rings. The van der Waals surface area contributed by atoms with Gasteiger partial charge in [-0.25, -0.2) is 0 Å². The van der Waals surface area contributed by atoms with Crippen molar-refractivity contribution in [2.75, 3.05) is 20.6 Å². The lowest BCUT2D eigenvalue weighted by Crippen LogP contribution is -2.37. The van der Waals surface area contributed by atoms with Crippen molar-refractivity contribution in [3.05, 3.63) is 16.9 Å². The lowest BCUT2D eigenvalue weighted by Gasteiger charge is -2.32. The van der Waals surface area contributed by atoms with Crippen LogP contribution in [0, 0.1) is 0 Å². The topological polar surface area (TPSA) is 61.5 Å². The third-order valence-electron chi connectivity index (χ3n) is 4.33. The average molecular weight is 316 g/mol. The Morgan fingerprint density at radius 1 is 1.33 bits per heavy atom. The Morgan fingerprint density at radius 2 is 1.95 bits per heavy atom. The van der Waals surface area contributed by atoms with Gasteiger partial charge in [0.1, 0.15) is 6.10 Å². The molecule has 0 amide bonds. The second kappa shape index (κ2) is 7.09. The van der Waals surface area contributed by atoms with E-state index in [9.17, 15) is 10.2 Å². The first-order chi connectivity index (χ1) is 9.94. The standard InChI is InChI=1S/C15H26ClN3O2/c1-18(2)9-10-19-13(12(16)11-17-19)14(20)15(21)7-5-3-4-6-8-15/h11,14,20-21H,3-10H2,1-2H3. The lowest BCUT2D eigenvalue weighted by atomic mass is 9.86. The first-order valence-corrected chi connectivity index (χ1v) is 8.08. The molecule has 0 aromatic carbocycles. The zero-order valence-corrected chi connectivity index (χ0v) is 13.7. The van der Waals surface area contributed by atoms with Gasteiger partial charge in [0, 0.05) is 6.54 Å². The van der Waals surface area contributed by atoms with E-state index >= 15 is 0 Å². The normalized spacial score (nSPS) is 20.5. The summed E-state index contributed by atoms with van der Waals surface area (Å²) in [5, 5.41) is 26.3. The number of nitrogens with zero attached hydrogens (tertiary/aromatic N) is 3. The molecule has 1 aliphatic rings. The van der Waals surface area contributed by atoms with E-state index in [-0.39, 0.29) is 0 Å². The largest absolute Gasteiger partial charge is 0.387 e. The minimum absolute atomic E-state index is 0.430. The van der Waals surface area contributed by atoms with Crippen LogP contribution in [0.4, 0.5) is 0 Å². The van der Waals surface area contributed by atoms with Crippen LogP contribution in [0.1, 0.15) is 50.3 Å². The molecule has 2 rings (SSSR count). The molecule has 2 N–H and O–H groups in total. The lowest BCUT2D eigenvalue weighted by molar-refractivity contribution is -0.0902. The van der Waals surface area contributed by atoms with Crippen LogP contribution >= 0.6 is 11.6 Å². The smallest absolute Gasteiger partial charge is 0.126 e. The van der Waals surface area contributed by atoms with E-state index in [1.54, 1.807) is 10.9 Å². The molecule has 1 fully saturated rings. The number of hydrogen-bond donors (Lipinski definition) is 2. The second-order valence-corrected chi connectivity index (χ2v) is 6.73. The van der Waals surface area contributed by atoms with Gasteiger partial charge in [-0.05, 0) is 26.9 Å². The SMILES string of the molecule is CN(C)CCn1ncc(Cl)c1C(O)C1(O)CCCCCC1. The highest BCUT2D eigenvalue weighted by Gasteiger charge is 2.39. The number of rotatable bonds is 5. The van der Waals surface area contributed by atoms with Crippen LogP contribution in [-0.4, -0.2) is 51.1 Å². The Hall–Kier alpha value is -0.620. The predicted octanol–water partition coefficient (Wildman–Crippen LogP) is 2.22. The summed E-state index contributed by atoms with van der Waals surface area (Å²) in [7, 11) is 3.97. The molecule has 1 aromatic heterocycles. The van der Waals surface area contributed by atoms with Crippen molar-refractivity contribution in [3.8, 4) is 0 Å². The van der Waals surface area contributed by atoms with Crippen molar-refractivity contribution < 1.29 is 10.2 Å². The second-order valence-electron chi connectivity index (χ2n) is 6.32. The van der Waals surface area contributed by atoms with Crippen LogP contribution in [0.15, 0.2) is 6.20 Å². The zero-order valence-electron chi connectivity index (χ0n) is 12.9. The Labute approximate surface area is 131 Å². The van der Waals surface area contributed by atoms with Gasteiger partial charge in [-0.2, -0.15) is 5.10 Å². The van der Waals surface area contributed by atoms with Gasteiger partial charge in [0.2, 0.25) is 0 Å². The Bertz CT molecular complexity index is 454. The zero-order chi connectivity index (χ0) is 15.5. The van der Waals surface area contributed by atoms with E-state index in [1.807, 2.05) is 19.0 Å². The fraction of sp³-hybridized carbons (Fsp3) is 0.800. The van der Waals surface area contributed by atoms with E-state index in [1.165, 1.54) is 0 Å². The maximum absolute atomic E-state index is 10.9. The van der Waals surface area contributed by atoms with Gasteiger partial charge in [0.25, 0.3) is 0 Å². The van der Waals surface area contributed by atoms with Crippen molar-refractivity contribution in [2.24, 2.45) is 0 Å². The van der Waals surface area contributed by atoms with Crippen LogP contribution in [0.25, 0.3) is 0 Å². The molecule has 0 aliphatic heterocycles. The molecule has 6 heteroatoms. The molecule has 5 nitrogen and oxygen atoms in total. The number of aliphatic hydroxyl groups is 2. The summed E-state index contributed by atoms with van der Waals surface area (Å²) in [6.45, 7) is 1.44. The van der Waals surface area contributed by atoms with Gasteiger partial charge in [-0.3, -0.25) is 4.68 Å². The maximum Gasteiger partial charge on any atom is 0.126 e. The fourth-order valence-electron chi connectivity index (χ4n) is 2.99. The van der Waals surface area contributed by atoms with Crippen molar-refractivity contribution in [1.29, 1.82) is 0 Å². The summed E-state index contributed by atoms with van der Waals surface area (Å²) in [4.78, 5) is 2.05. The summed E-state index contributed by atoms with van der Waals surface area (Å²) < 4.78 is 1.72. The minimum atomic E-state index is -1.09. The first-order valence-electron chi connectivity index (χ1n) is 7.70. The third kappa shape index (κ3) is 3.97. The molecular formula is C15H26ClN3O2. The van der Waals surface area contributed by atoms with E-state index in [2.05, 4.69) is 5.10 Å². The van der Waals surface area contributed by atoms with Crippen molar-refractivity contribution in [3.63, 3.8) is 0 Å². The Kier molecular flexibility index (Phi) is 5.66. The van der Waals surface area contributed by atoms with Crippen LogP contribution in [0.2, 0.25) is 5.02 Å². The van der Waals surface area contributed by atoms with Crippen molar-refractivity contribution in [1.82, 2.24) is 14.7 Å². The van der Waals surface area contributed by atoms with Crippen molar-refractivity contribution in [2.45, 2.75) is 56.8 Å². The highest BCUT2D eigenvalue weighted by molar-refractivity contribution is 6.31. The summed E-state index contributed by atoms with van der Waals surface area (Å²) in [6, 6.07) is 0. The van der Waals surface area contributed by atoms with Crippen LogP contribution in [-0.2, 0) is 6.54 Å². The van der Waals surface area contributed by atoms with Gasteiger partial charge in [-0.15, -0.1) is 0 Å². The molecule has 1 aliphatic carbocycles. The monoisotopic (exact) mass is 315 g/mol. The quantitative estimate of drug-likeness (QED) is 0.818. The number of likely N-dealkylation sites (N-methyl/N-ethyl adjacent to an activating group) is 1. The molecule has 1 saturated carbocycles. The van der Waals surface area contributed by atoms with Gasteiger partial charge < -0.3 is 15.1 Å². The summed E-state index contributed by atoms with van der Waals surface area (Å²) >= 11 is 6.21. The van der Waals surface area contributed by atoms with E-state index in [0.29, 0.717) is 30.1 Å². The van der Waals surface area contributed by atoms with E-state index in [0.717, 1.165) is 32.2 Å². The number of halogens is 1. The molecule has 21 heavy (non-hydrogen) atoms. The van der Waals surface area contributed by atoms with E-state index < -0.39 is 11.7 Å². The summed E-state index contributed by atoms with van der Waals surface area (Å²) in [6.07, 6.45) is 5.91. The Morgan fingerprint density at radius 3 is 2.52 bits per heavy atom. The van der Waals surface area contributed by atoms with Gasteiger partial charge in [-0.1, -0.05) is 37.3 Å². The molecule has 120 valence electrons. The van der Waals surface area contributed by atoms with Crippen LogP contribution in [0.5, 0.6) is 0 Å². The maximum atomic E-state index is 10.9. The summed E-state index contributed by atoms with van der Waals surface area (Å²) in [5.74, 6) is 0. The number of aromatic nitrogens is 2. The fourth-order valence-corrected chi connectivity index (χ4v) is 3.23. The summed E-state index contributed by atoms with van der Waals surface area (Å²) in [5.41, 5.74) is -0.543. The molecule has 1 unspecified atom stereocenters.